The summed E-state index contributed by atoms with van der Waals surface area (Å²) in [6.07, 6.45) is 5.44. The van der Waals surface area contributed by atoms with E-state index in [0.717, 1.165) is 35.4 Å². The van der Waals surface area contributed by atoms with Crippen LogP contribution in [0.25, 0.3) is 23.0 Å². The predicted molar refractivity (Wildman–Crippen MR) is 109 cm³/mol. The predicted octanol–water partition coefficient (Wildman–Crippen LogP) is 4.66. The van der Waals surface area contributed by atoms with Crippen molar-refractivity contribution in [3.8, 4) is 17.1 Å². The van der Waals surface area contributed by atoms with Gasteiger partial charge in [-0.05, 0) is 43.1 Å². The van der Waals surface area contributed by atoms with Crippen LogP contribution in [0.15, 0.2) is 53.1 Å². The van der Waals surface area contributed by atoms with E-state index in [1.807, 2.05) is 24.3 Å². The lowest BCUT2D eigenvalue weighted by Gasteiger charge is -2.19. The van der Waals surface area contributed by atoms with Crippen molar-refractivity contribution in [1.82, 2.24) is 15.0 Å². The van der Waals surface area contributed by atoms with Crippen LogP contribution >= 0.6 is 0 Å². The lowest BCUT2D eigenvalue weighted by Crippen LogP contribution is -2.18. The van der Waals surface area contributed by atoms with Crippen molar-refractivity contribution in [3.63, 3.8) is 0 Å². The Morgan fingerprint density at radius 3 is 2.68 bits per heavy atom. The molecule has 0 spiro atoms. The molecule has 2 aromatic carbocycles. The SMILES string of the molecule is C(=C1/CCOc2ccccc21)/c1nc(-c2ccc(CN3CCCC3)cc2)no1. The van der Waals surface area contributed by atoms with Gasteiger partial charge in [-0.15, -0.1) is 0 Å². The number of rotatable bonds is 4. The molecule has 0 amide bonds. The van der Waals surface area contributed by atoms with Crippen molar-refractivity contribution in [1.29, 1.82) is 0 Å². The molecule has 1 aromatic heterocycles. The van der Waals surface area contributed by atoms with Gasteiger partial charge in [0.1, 0.15) is 5.75 Å². The molecular formula is C23H23N3O2. The molecule has 2 aliphatic heterocycles. The quantitative estimate of drug-likeness (QED) is 0.666. The molecule has 0 unspecified atom stereocenters. The molecular weight excluding hydrogens is 350 g/mol. The zero-order chi connectivity index (χ0) is 18.8. The maximum Gasteiger partial charge on any atom is 0.251 e. The zero-order valence-electron chi connectivity index (χ0n) is 15.8. The molecule has 2 aliphatic rings. The highest BCUT2D eigenvalue weighted by molar-refractivity contribution is 5.83. The highest BCUT2D eigenvalue weighted by atomic mass is 16.5. The minimum absolute atomic E-state index is 0.530. The molecule has 1 fully saturated rings. The number of benzene rings is 2. The molecule has 28 heavy (non-hydrogen) atoms. The number of para-hydroxylation sites is 1. The number of likely N-dealkylation sites (tertiary alicyclic amines) is 1. The van der Waals surface area contributed by atoms with E-state index < -0.39 is 0 Å². The molecule has 3 aromatic rings. The lowest BCUT2D eigenvalue weighted by atomic mass is 9.99. The maximum atomic E-state index is 5.71. The van der Waals surface area contributed by atoms with E-state index >= 15 is 0 Å². The Labute approximate surface area is 164 Å². The van der Waals surface area contributed by atoms with Gasteiger partial charge in [0.15, 0.2) is 0 Å². The number of aromatic nitrogens is 2. The van der Waals surface area contributed by atoms with E-state index in [1.165, 1.54) is 31.5 Å². The largest absolute Gasteiger partial charge is 0.493 e. The molecule has 0 aliphatic carbocycles. The van der Waals surface area contributed by atoms with Crippen LogP contribution in [0.1, 0.15) is 36.3 Å². The Kier molecular flexibility index (Phi) is 4.67. The zero-order valence-corrected chi connectivity index (χ0v) is 15.8. The Morgan fingerprint density at radius 2 is 1.82 bits per heavy atom. The number of fused-ring (bicyclic) bond motifs is 1. The minimum atomic E-state index is 0.530. The van der Waals surface area contributed by atoms with Gasteiger partial charge in [-0.3, -0.25) is 4.90 Å². The normalized spacial score (nSPS) is 18.2. The van der Waals surface area contributed by atoms with Crippen molar-refractivity contribution >= 4 is 11.6 Å². The third-order valence-electron chi connectivity index (χ3n) is 5.42. The van der Waals surface area contributed by atoms with Crippen molar-refractivity contribution < 1.29 is 9.26 Å². The summed E-state index contributed by atoms with van der Waals surface area (Å²) >= 11 is 0. The summed E-state index contributed by atoms with van der Waals surface area (Å²) in [5.74, 6) is 2.07. The summed E-state index contributed by atoms with van der Waals surface area (Å²) in [6, 6.07) is 16.5. The minimum Gasteiger partial charge on any atom is -0.493 e. The Hall–Kier alpha value is -2.92. The first kappa shape index (κ1) is 17.2. The van der Waals surface area contributed by atoms with Gasteiger partial charge in [-0.2, -0.15) is 4.98 Å². The fraction of sp³-hybridized carbons (Fsp3) is 0.304. The van der Waals surface area contributed by atoms with Crippen LogP contribution < -0.4 is 4.74 Å². The van der Waals surface area contributed by atoms with Crippen LogP contribution in [0.4, 0.5) is 0 Å². The van der Waals surface area contributed by atoms with Crippen LogP contribution in [0, 0.1) is 0 Å². The summed E-state index contributed by atoms with van der Waals surface area (Å²) < 4.78 is 11.2. The second kappa shape index (κ2) is 7.60. The smallest absolute Gasteiger partial charge is 0.251 e. The molecule has 0 saturated carbocycles. The van der Waals surface area contributed by atoms with Gasteiger partial charge in [0.25, 0.3) is 5.89 Å². The fourth-order valence-corrected chi connectivity index (χ4v) is 3.93. The summed E-state index contributed by atoms with van der Waals surface area (Å²) in [7, 11) is 0. The van der Waals surface area contributed by atoms with Crippen molar-refractivity contribution in [2.24, 2.45) is 0 Å². The summed E-state index contributed by atoms with van der Waals surface area (Å²) in [4.78, 5) is 7.07. The molecule has 5 heteroatoms. The first-order valence-electron chi connectivity index (χ1n) is 9.93. The summed E-state index contributed by atoms with van der Waals surface area (Å²) in [5, 5.41) is 4.17. The Bertz CT molecular complexity index is 985. The van der Waals surface area contributed by atoms with Crippen LogP contribution in [0.5, 0.6) is 5.75 Å². The molecule has 3 heterocycles. The highest BCUT2D eigenvalue weighted by Crippen LogP contribution is 2.33. The van der Waals surface area contributed by atoms with Crippen LogP contribution in [0.3, 0.4) is 0 Å². The average Bonchev–Trinajstić information content (AvgIpc) is 3.41. The van der Waals surface area contributed by atoms with Gasteiger partial charge in [0.2, 0.25) is 5.82 Å². The van der Waals surface area contributed by atoms with E-state index in [4.69, 9.17) is 9.26 Å². The third kappa shape index (κ3) is 3.58. The number of hydrogen-bond donors (Lipinski definition) is 0. The lowest BCUT2D eigenvalue weighted by molar-refractivity contribution is 0.316. The van der Waals surface area contributed by atoms with Crippen molar-refractivity contribution in [3.05, 3.63) is 65.5 Å². The number of ether oxygens (including phenoxy) is 1. The van der Waals surface area contributed by atoms with Gasteiger partial charge in [-0.25, -0.2) is 0 Å². The average molecular weight is 373 g/mol. The number of hydrogen-bond acceptors (Lipinski definition) is 5. The Morgan fingerprint density at radius 1 is 1.00 bits per heavy atom. The van der Waals surface area contributed by atoms with Gasteiger partial charge < -0.3 is 9.26 Å². The first-order valence-corrected chi connectivity index (χ1v) is 9.93. The van der Waals surface area contributed by atoms with Crippen LogP contribution in [0.2, 0.25) is 0 Å². The fourth-order valence-electron chi connectivity index (χ4n) is 3.93. The van der Waals surface area contributed by atoms with Gasteiger partial charge in [-0.1, -0.05) is 47.6 Å². The van der Waals surface area contributed by atoms with Crippen molar-refractivity contribution in [2.75, 3.05) is 19.7 Å². The standard InChI is InChI=1S/C23H23N3O2/c1-2-6-21-20(5-1)19(11-14-27-21)15-22-24-23(25-28-22)18-9-7-17(8-10-18)16-26-12-3-4-13-26/h1-2,5-10,15H,3-4,11-14,16H2/b19-15+. The molecule has 0 radical (unpaired) electrons. The van der Waals surface area contributed by atoms with Crippen LogP contribution in [-0.2, 0) is 6.54 Å². The molecule has 0 N–H and O–H groups in total. The Balaban J connectivity index is 1.34. The second-order valence-corrected chi connectivity index (χ2v) is 7.40. The molecule has 142 valence electrons. The summed E-state index contributed by atoms with van der Waals surface area (Å²) in [5.41, 5.74) is 4.57. The molecule has 5 nitrogen and oxygen atoms in total. The van der Waals surface area contributed by atoms with E-state index in [2.05, 4.69) is 45.4 Å². The highest BCUT2D eigenvalue weighted by Gasteiger charge is 2.16. The molecule has 0 bridgehead atoms. The maximum absolute atomic E-state index is 5.71. The van der Waals surface area contributed by atoms with Gasteiger partial charge >= 0.3 is 0 Å². The summed E-state index contributed by atoms with van der Waals surface area (Å²) in [6.45, 7) is 4.10. The van der Waals surface area contributed by atoms with E-state index in [0.29, 0.717) is 18.3 Å². The van der Waals surface area contributed by atoms with E-state index in [1.54, 1.807) is 0 Å². The van der Waals surface area contributed by atoms with E-state index in [9.17, 15) is 0 Å². The molecule has 5 rings (SSSR count). The third-order valence-corrected chi connectivity index (χ3v) is 5.42. The first-order chi connectivity index (χ1) is 13.8. The van der Waals surface area contributed by atoms with E-state index in [-0.39, 0.29) is 0 Å². The van der Waals surface area contributed by atoms with Gasteiger partial charge in [0.05, 0.1) is 6.61 Å². The second-order valence-electron chi connectivity index (χ2n) is 7.40. The number of nitrogens with zero attached hydrogens (tertiary/aromatic N) is 3. The molecule has 1 saturated heterocycles. The topological polar surface area (TPSA) is 51.4 Å². The molecule has 0 atom stereocenters. The van der Waals surface area contributed by atoms with Crippen LogP contribution in [-0.4, -0.2) is 34.7 Å². The van der Waals surface area contributed by atoms with Gasteiger partial charge in [0, 0.05) is 30.2 Å². The monoisotopic (exact) mass is 373 g/mol. The van der Waals surface area contributed by atoms with Crippen molar-refractivity contribution in [2.45, 2.75) is 25.8 Å².